The summed E-state index contributed by atoms with van der Waals surface area (Å²) < 4.78 is 0. The highest BCUT2D eigenvalue weighted by Crippen LogP contribution is 2.71. The lowest BCUT2D eigenvalue weighted by Gasteiger charge is -2.24. The van der Waals surface area contributed by atoms with Crippen LogP contribution in [0.5, 0.6) is 0 Å². The Bertz CT molecular complexity index is 710. The minimum absolute atomic E-state index is 0.0693. The molecule has 0 aliphatic heterocycles. The van der Waals surface area contributed by atoms with E-state index in [0.29, 0.717) is 12.0 Å². The van der Waals surface area contributed by atoms with Crippen molar-refractivity contribution in [2.24, 2.45) is 0 Å². The molecule has 0 saturated heterocycles. The number of nitrogens with zero attached hydrogens (tertiary/aromatic N) is 1. The van der Waals surface area contributed by atoms with Gasteiger partial charge in [0.1, 0.15) is 0 Å². The second-order valence-electron chi connectivity index (χ2n) is 7.34. The van der Waals surface area contributed by atoms with E-state index < -0.39 is 0 Å². The van der Waals surface area contributed by atoms with Crippen molar-refractivity contribution in [2.45, 2.75) is 63.6 Å². The van der Waals surface area contributed by atoms with E-state index in [1.807, 2.05) is 32.9 Å². The van der Waals surface area contributed by atoms with Gasteiger partial charge in [0.05, 0.1) is 11.1 Å². The molecule has 2 aliphatic rings. The SMILES string of the molecule is CCCC(C)N(C=O)C(=O)c1cccc(NC23CC2(NC=O)C3)c1C. The van der Waals surface area contributed by atoms with Gasteiger partial charge in [0.2, 0.25) is 12.8 Å². The fourth-order valence-electron chi connectivity index (χ4n) is 3.76. The highest BCUT2D eigenvalue weighted by molar-refractivity contribution is 6.02. The van der Waals surface area contributed by atoms with Crippen LogP contribution in [0.2, 0.25) is 0 Å². The lowest BCUT2D eigenvalue weighted by molar-refractivity contribution is -0.117. The number of carbonyl (C=O) groups excluding carboxylic acids is 3. The third-order valence-electron chi connectivity index (χ3n) is 5.68. The molecule has 0 bridgehead atoms. The molecule has 0 radical (unpaired) electrons. The van der Waals surface area contributed by atoms with E-state index in [0.717, 1.165) is 43.3 Å². The van der Waals surface area contributed by atoms with Gasteiger partial charge in [-0.1, -0.05) is 19.4 Å². The van der Waals surface area contributed by atoms with Crippen LogP contribution in [-0.4, -0.2) is 40.7 Å². The van der Waals surface area contributed by atoms with E-state index in [1.165, 1.54) is 4.90 Å². The van der Waals surface area contributed by atoms with Crippen LogP contribution in [-0.2, 0) is 9.59 Å². The normalized spacial score (nSPS) is 26.8. The van der Waals surface area contributed by atoms with Crippen molar-refractivity contribution in [3.8, 4) is 0 Å². The van der Waals surface area contributed by atoms with Crippen molar-refractivity contribution < 1.29 is 14.4 Å². The Morgan fingerprint density at radius 3 is 2.64 bits per heavy atom. The molecule has 6 nitrogen and oxygen atoms in total. The van der Waals surface area contributed by atoms with Crippen LogP contribution in [0.3, 0.4) is 0 Å². The minimum Gasteiger partial charge on any atom is -0.377 e. The molecule has 2 fully saturated rings. The number of benzene rings is 1. The van der Waals surface area contributed by atoms with Gasteiger partial charge in [-0.3, -0.25) is 19.3 Å². The third kappa shape index (κ3) is 2.79. The predicted molar refractivity (Wildman–Crippen MR) is 95.3 cm³/mol. The number of hydrogen-bond acceptors (Lipinski definition) is 4. The largest absolute Gasteiger partial charge is 0.377 e. The van der Waals surface area contributed by atoms with Gasteiger partial charge in [0.25, 0.3) is 5.91 Å². The molecule has 6 heteroatoms. The zero-order valence-corrected chi connectivity index (χ0v) is 15.0. The van der Waals surface area contributed by atoms with Gasteiger partial charge in [-0.2, -0.15) is 0 Å². The molecule has 2 aliphatic carbocycles. The van der Waals surface area contributed by atoms with Gasteiger partial charge >= 0.3 is 0 Å². The highest BCUT2D eigenvalue weighted by atomic mass is 16.2. The van der Waals surface area contributed by atoms with Crippen molar-refractivity contribution in [1.29, 1.82) is 0 Å². The summed E-state index contributed by atoms with van der Waals surface area (Å²) in [5.41, 5.74) is 2.07. The Labute approximate surface area is 148 Å². The maximum absolute atomic E-state index is 12.8. The molecule has 0 heterocycles. The fraction of sp³-hybridized carbons (Fsp3) is 0.526. The summed E-state index contributed by atoms with van der Waals surface area (Å²) in [6.07, 6.45) is 4.88. The molecule has 1 aromatic rings. The second-order valence-corrected chi connectivity index (χ2v) is 7.34. The molecular formula is C19H25N3O3. The number of fused-ring (bicyclic) bond motifs is 1. The van der Waals surface area contributed by atoms with E-state index in [1.54, 1.807) is 6.07 Å². The van der Waals surface area contributed by atoms with E-state index in [2.05, 4.69) is 10.6 Å². The predicted octanol–water partition coefficient (Wildman–Crippen LogP) is 2.23. The number of anilines is 1. The van der Waals surface area contributed by atoms with Crippen molar-refractivity contribution in [2.75, 3.05) is 5.32 Å². The van der Waals surface area contributed by atoms with Gasteiger partial charge in [0, 0.05) is 17.3 Å². The van der Waals surface area contributed by atoms with Crippen molar-refractivity contribution in [3.05, 3.63) is 29.3 Å². The Kier molecular flexibility index (Phi) is 4.31. The van der Waals surface area contributed by atoms with Crippen molar-refractivity contribution in [3.63, 3.8) is 0 Å². The summed E-state index contributed by atoms with van der Waals surface area (Å²) in [6.45, 7) is 5.81. The highest BCUT2D eigenvalue weighted by Gasteiger charge is 2.84. The van der Waals surface area contributed by atoms with Gasteiger partial charge in [-0.05, 0) is 50.8 Å². The van der Waals surface area contributed by atoms with E-state index >= 15 is 0 Å². The van der Waals surface area contributed by atoms with Crippen molar-refractivity contribution in [1.82, 2.24) is 10.2 Å². The van der Waals surface area contributed by atoms with Crippen LogP contribution in [0.4, 0.5) is 5.69 Å². The number of amides is 3. The minimum atomic E-state index is -0.265. The monoisotopic (exact) mass is 343 g/mol. The second kappa shape index (κ2) is 6.17. The molecule has 0 aromatic heterocycles. The van der Waals surface area contributed by atoms with Gasteiger partial charge in [-0.25, -0.2) is 0 Å². The molecule has 2 saturated carbocycles. The average Bonchev–Trinajstić information content (AvgIpc) is 3.36. The van der Waals surface area contributed by atoms with Gasteiger partial charge in [-0.15, -0.1) is 0 Å². The quantitative estimate of drug-likeness (QED) is 0.674. The smallest absolute Gasteiger partial charge is 0.260 e. The first-order chi connectivity index (χ1) is 11.9. The number of hydrogen-bond donors (Lipinski definition) is 2. The fourth-order valence-corrected chi connectivity index (χ4v) is 3.76. The number of rotatable bonds is 9. The topological polar surface area (TPSA) is 78.5 Å². The van der Waals surface area contributed by atoms with Crippen LogP contribution < -0.4 is 10.6 Å². The van der Waals surface area contributed by atoms with Crippen molar-refractivity contribution >= 4 is 24.4 Å². The number of carbonyl (C=O) groups is 3. The van der Waals surface area contributed by atoms with E-state index in [9.17, 15) is 14.4 Å². The molecule has 0 spiro atoms. The summed E-state index contributed by atoms with van der Waals surface area (Å²) in [5.74, 6) is -0.265. The third-order valence-corrected chi connectivity index (χ3v) is 5.68. The summed E-state index contributed by atoms with van der Waals surface area (Å²) >= 11 is 0. The zero-order chi connectivity index (χ0) is 18.2. The Morgan fingerprint density at radius 1 is 1.32 bits per heavy atom. The van der Waals surface area contributed by atoms with Crippen LogP contribution >= 0.6 is 0 Å². The summed E-state index contributed by atoms with van der Waals surface area (Å²) in [4.78, 5) is 36.2. The Morgan fingerprint density at radius 2 is 2.04 bits per heavy atom. The molecule has 25 heavy (non-hydrogen) atoms. The number of imide groups is 1. The van der Waals surface area contributed by atoms with Crippen LogP contribution in [0, 0.1) is 6.92 Å². The zero-order valence-electron chi connectivity index (χ0n) is 15.0. The Balaban J connectivity index is 1.78. The lowest BCUT2D eigenvalue weighted by Crippen LogP contribution is -2.37. The molecular weight excluding hydrogens is 318 g/mol. The van der Waals surface area contributed by atoms with Gasteiger partial charge in [0.15, 0.2) is 0 Å². The molecule has 1 atom stereocenters. The van der Waals surface area contributed by atoms with E-state index in [-0.39, 0.29) is 23.0 Å². The van der Waals surface area contributed by atoms with Crippen LogP contribution in [0.15, 0.2) is 18.2 Å². The maximum Gasteiger partial charge on any atom is 0.260 e. The number of nitrogens with one attached hydrogen (secondary N) is 2. The molecule has 3 rings (SSSR count). The first kappa shape index (κ1) is 17.5. The summed E-state index contributed by atoms with van der Waals surface area (Å²) in [6, 6.07) is 5.39. The van der Waals surface area contributed by atoms with E-state index in [4.69, 9.17) is 0 Å². The molecule has 3 amide bonds. The first-order valence-corrected chi connectivity index (χ1v) is 8.81. The van der Waals surface area contributed by atoms with Gasteiger partial charge < -0.3 is 10.6 Å². The molecule has 1 unspecified atom stereocenters. The summed E-state index contributed by atoms with van der Waals surface area (Å²) in [5, 5.41) is 6.37. The average molecular weight is 343 g/mol. The standard InChI is InChI=1S/C19H25N3O3/c1-4-6-13(2)22(12-24)17(25)15-7-5-8-16(14(15)3)21-19-9-18(19,10-19)20-11-23/h5,7-8,11-13,21H,4,6,9-10H2,1-3H3,(H,20,23). The lowest BCUT2D eigenvalue weighted by atomic mass is 10.0. The molecule has 1 aromatic carbocycles. The maximum atomic E-state index is 12.8. The Hall–Kier alpha value is -2.37. The molecule has 134 valence electrons. The first-order valence-electron chi connectivity index (χ1n) is 8.81. The molecule has 2 N–H and O–H groups in total. The van der Waals surface area contributed by atoms with Crippen LogP contribution in [0.25, 0.3) is 0 Å². The van der Waals surface area contributed by atoms with Crippen LogP contribution in [0.1, 0.15) is 55.5 Å². The summed E-state index contributed by atoms with van der Waals surface area (Å²) in [7, 11) is 0.